The standard InChI is InChI=1S/C19H21ClN6O/c1-11-16-17(21-9-10-22-19(27)13-7-8-13)23-12(2)24-18(16)26(25-11)15-6-4-3-5-14(15)20/h3-6,13H,7-10H2,1-2H3,(H,22,27)(H,21,23,24). The fourth-order valence-corrected chi connectivity index (χ4v) is 3.28. The van der Waals surface area contributed by atoms with Crippen molar-refractivity contribution in [1.82, 2.24) is 25.1 Å². The number of para-hydroxylation sites is 1. The number of benzene rings is 1. The van der Waals surface area contributed by atoms with Crippen LogP contribution in [0.25, 0.3) is 16.7 Å². The van der Waals surface area contributed by atoms with Crippen LogP contribution in [0.4, 0.5) is 5.82 Å². The Morgan fingerprint density at radius 3 is 2.74 bits per heavy atom. The van der Waals surface area contributed by atoms with E-state index < -0.39 is 0 Å². The van der Waals surface area contributed by atoms with Gasteiger partial charge in [0.05, 0.1) is 21.8 Å². The Morgan fingerprint density at radius 1 is 1.22 bits per heavy atom. The molecule has 1 fully saturated rings. The van der Waals surface area contributed by atoms with Gasteiger partial charge < -0.3 is 10.6 Å². The normalized spacial score (nSPS) is 13.7. The third-order valence-corrected chi connectivity index (χ3v) is 4.88. The molecular weight excluding hydrogens is 364 g/mol. The van der Waals surface area contributed by atoms with E-state index >= 15 is 0 Å². The van der Waals surface area contributed by atoms with Gasteiger partial charge in [0.15, 0.2) is 5.65 Å². The van der Waals surface area contributed by atoms with E-state index in [1.807, 2.05) is 38.1 Å². The van der Waals surface area contributed by atoms with Gasteiger partial charge in [0.2, 0.25) is 5.91 Å². The van der Waals surface area contributed by atoms with Crippen molar-refractivity contribution in [2.45, 2.75) is 26.7 Å². The molecule has 0 spiro atoms. The molecule has 2 N–H and O–H groups in total. The zero-order valence-electron chi connectivity index (χ0n) is 15.3. The quantitative estimate of drug-likeness (QED) is 0.638. The van der Waals surface area contributed by atoms with Crippen molar-refractivity contribution < 1.29 is 4.79 Å². The average Bonchev–Trinajstić information content (AvgIpc) is 3.44. The molecule has 0 unspecified atom stereocenters. The molecule has 2 aromatic heterocycles. The van der Waals surface area contributed by atoms with Crippen LogP contribution in [0.1, 0.15) is 24.4 Å². The molecule has 0 atom stereocenters. The summed E-state index contributed by atoms with van der Waals surface area (Å²) in [4.78, 5) is 20.9. The van der Waals surface area contributed by atoms with E-state index in [0.717, 1.165) is 29.6 Å². The van der Waals surface area contributed by atoms with Crippen LogP contribution in [-0.4, -0.2) is 38.7 Å². The van der Waals surface area contributed by atoms with Crippen molar-refractivity contribution in [2.24, 2.45) is 5.92 Å². The molecule has 0 aliphatic heterocycles. The van der Waals surface area contributed by atoms with E-state index in [0.29, 0.717) is 35.4 Å². The van der Waals surface area contributed by atoms with Gasteiger partial charge in [0.1, 0.15) is 11.6 Å². The number of aromatic nitrogens is 4. The van der Waals surface area contributed by atoms with Crippen LogP contribution < -0.4 is 10.6 Å². The van der Waals surface area contributed by atoms with Crippen molar-refractivity contribution in [3.63, 3.8) is 0 Å². The highest BCUT2D eigenvalue weighted by atomic mass is 35.5. The zero-order valence-corrected chi connectivity index (χ0v) is 16.0. The molecule has 1 aromatic carbocycles. The number of carbonyl (C=O) groups is 1. The fourth-order valence-electron chi connectivity index (χ4n) is 3.07. The van der Waals surface area contributed by atoms with Crippen molar-refractivity contribution in [3.05, 3.63) is 40.8 Å². The summed E-state index contributed by atoms with van der Waals surface area (Å²) in [6.07, 6.45) is 2.01. The molecule has 1 amide bonds. The van der Waals surface area contributed by atoms with Crippen LogP contribution in [0.5, 0.6) is 0 Å². The first-order valence-corrected chi connectivity index (χ1v) is 9.43. The topological polar surface area (TPSA) is 84.7 Å². The van der Waals surface area contributed by atoms with Crippen LogP contribution in [-0.2, 0) is 4.79 Å². The van der Waals surface area contributed by atoms with Crippen LogP contribution in [0, 0.1) is 19.8 Å². The summed E-state index contributed by atoms with van der Waals surface area (Å²) in [6, 6.07) is 7.54. The van der Waals surface area contributed by atoms with Crippen LogP contribution in [0.2, 0.25) is 5.02 Å². The predicted octanol–water partition coefficient (Wildman–Crippen LogP) is 3.02. The molecule has 2 heterocycles. The summed E-state index contributed by atoms with van der Waals surface area (Å²) in [7, 11) is 0. The number of rotatable bonds is 6. The average molecular weight is 385 g/mol. The highest BCUT2D eigenvalue weighted by molar-refractivity contribution is 6.32. The lowest BCUT2D eigenvalue weighted by molar-refractivity contribution is -0.122. The largest absolute Gasteiger partial charge is 0.368 e. The lowest BCUT2D eigenvalue weighted by Crippen LogP contribution is -2.30. The SMILES string of the molecule is Cc1nc(NCCNC(=O)C2CC2)c2c(C)nn(-c3ccccc3Cl)c2n1. The summed E-state index contributed by atoms with van der Waals surface area (Å²) in [6.45, 7) is 4.91. The Kier molecular flexibility index (Phi) is 4.70. The summed E-state index contributed by atoms with van der Waals surface area (Å²) < 4.78 is 1.75. The van der Waals surface area contributed by atoms with E-state index in [-0.39, 0.29) is 11.8 Å². The number of aryl methyl sites for hydroxylation is 2. The molecule has 4 rings (SSSR count). The van der Waals surface area contributed by atoms with Crippen molar-refractivity contribution in [3.8, 4) is 5.69 Å². The molecule has 27 heavy (non-hydrogen) atoms. The minimum atomic E-state index is 0.142. The van der Waals surface area contributed by atoms with E-state index in [4.69, 9.17) is 11.6 Å². The van der Waals surface area contributed by atoms with Crippen molar-refractivity contribution >= 4 is 34.4 Å². The van der Waals surface area contributed by atoms with Gasteiger partial charge >= 0.3 is 0 Å². The second-order valence-corrected chi connectivity index (χ2v) is 7.17. The molecule has 7 nitrogen and oxygen atoms in total. The smallest absolute Gasteiger partial charge is 0.223 e. The Labute approximate surface area is 162 Å². The van der Waals surface area contributed by atoms with Gasteiger partial charge in [-0.1, -0.05) is 23.7 Å². The summed E-state index contributed by atoms with van der Waals surface area (Å²) in [5.41, 5.74) is 2.30. The van der Waals surface area contributed by atoms with Crippen LogP contribution >= 0.6 is 11.6 Å². The molecular formula is C19H21ClN6O. The van der Waals surface area contributed by atoms with Crippen molar-refractivity contribution in [2.75, 3.05) is 18.4 Å². The highest BCUT2D eigenvalue weighted by Gasteiger charge is 2.29. The molecule has 1 saturated carbocycles. The van der Waals surface area contributed by atoms with E-state index in [1.54, 1.807) is 4.68 Å². The number of anilines is 1. The van der Waals surface area contributed by atoms with E-state index in [9.17, 15) is 4.79 Å². The maximum Gasteiger partial charge on any atom is 0.223 e. The number of hydrogen-bond acceptors (Lipinski definition) is 5. The third kappa shape index (κ3) is 3.60. The number of nitrogens with one attached hydrogen (secondary N) is 2. The Balaban J connectivity index is 1.61. The van der Waals surface area contributed by atoms with Gasteiger partial charge in [-0.05, 0) is 38.8 Å². The third-order valence-electron chi connectivity index (χ3n) is 4.56. The molecule has 1 aliphatic carbocycles. The summed E-state index contributed by atoms with van der Waals surface area (Å²) >= 11 is 6.35. The summed E-state index contributed by atoms with van der Waals surface area (Å²) in [5.74, 6) is 1.71. The van der Waals surface area contributed by atoms with E-state index in [1.165, 1.54) is 0 Å². The fraction of sp³-hybridized carbons (Fsp3) is 0.368. The number of amides is 1. The van der Waals surface area contributed by atoms with E-state index in [2.05, 4.69) is 25.7 Å². The van der Waals surface area contributed by atoms with Gasteiger partial charge in [0.25, 0.3) is 0 Å². The molecule has 140 valence electrons. The Hall–Kier alpha value is -2.67. The molecule has 0 bridgehead atoms. The second-order valence-electron chi connectivity index (χ2n) is 6.76. The molecule has 8 heteroatoms. The van der Waals surface area contributed by atoms with Gasteiger partial charge in [0, 0.05) is 19.0 Å². The highest BCUT2D eigenvalue weighted by Crippen LogP contribution is 2.29. The molecule has 0 saturated heterocycles. The maximum absolute atomic E-state index is 11.7. The second kappa shape index (κ2) is 7.15. The predicted molar refractivity (Wildman–Crippen MR) is 105 cm³/mol. The first-order chi connectivity index (χ1) is 13.0. The van der Waals surface area contributed by atoms with Crippen molar-refractivity contribution in [1.29, 1.82) is 0 Å². The van der Waals surface area contributed by atoms with Crippen LogP contribution in [0.15, 0.2) is 24.3 Å². The summed E-state index contributed by atoms with van der Waals surface area (Å²) in [5, 5.41) is 12.4. The minimum Gasteiger partial charge on any atom is -0.368 e. The zero-order chi connectivity index (χ0) is 19.0. The van der Waals surface area contributed by atoms with Crippen LogP contribution in [0.3, 0.4) is 0 Å². The Morgan fingerprint density at radius 2 is 2.00 bits per heavy atom. The monoisotopic (exact) mass is 384 g/mol. The van der Waals surface area contributed by atoms with Gasteiger partial charge in [-0.15, -0.1) is 0 Å². The first kappa shape index (κ1) is 17.7. The number of carbonyl (C=O) groups excluding carboxylic acids is 1. The van der Waals surface area contributed by atoms with Gasteiger partial charge in [-0.2, -0.15) is 5.10 Å². The number of fused-ring (bicyclic) bond motifs is 1. The minimum absolute atomic E-state index is 0.142. The molecule has 3 aromatic rings. The molecule has 1 aliphatic rings. The lowest BCUT2D eigenvalue weighted by atomic mass is 10.3. The first-order valence-electron chi connectivity index (χ1n) is 9.05. The van der Waals surface area contributed by atoms with Gasteiger partial charge in [-0.25, -0.2) is 14.6 Å². The lowest BCUT2D eigenvalue weighted by Gasteiger charge is -2.10. The molecule has 0 radical (unpaired) electrons. The number of nitrogens with zero attached hydrogens (tertiary/aromatic N) is 4. The van der Waals surface area contributed by atoms with Gasteiger partial charge in [-0.3, -0.25) is 4.79 Å². The Bertz CT molecular complexity index is 1010. The number of halogens is 1. The maximum atomic E-state index is 11.7. The number of hydrogen-bond donors (Lipinski definition) is 2.